The molecule has 0 unspecified atom stereocenters. The van der Waals surface area contributed by atoms with Gasteiger partial charge in [-0.15, -0.1) is 0 Å². The van der Waals surface area contributed by atoms with Crippen LogP contribution in [0.2, 0.25) is 0 Å². The van der Waals surface area contributed by atoms with Crippen LogP contribution in [0.25, 0.3) is 0 Å². The van der Waals surface area contributed by atoms with Gasteiger partial charge >= 0.3 is 0 Å². The molecule has 2 aromatic rings. The number of aryl methyl sites for hydroxylation is 1. The lowest BCUT2D eigenvalue weighted by Gasteiger charge is -2.04. The molecule has 0 aliphatic carbocycles. The zero-order valence-corrected chi connectivity index (χ0v) is 8.49. The number of hydrogen-bond acceptors (Lipinski definition) is 3. The Kier molecular flexibility index (Phi) is 2.63. The maximum absolute atomic E-state index is 13.6. The fraction of sp³-hybridized carbons (Fsp3) is 0.100. The molecule has 0 aliphatic heterocycles. The van der Waals surface area contributed by atoms with Crippen molar-refractivity contribution in [3.63, 3.8) is 0 Å². The fourth-order valence-electron chi connectivity index (χ4n) is 1.26. The second-order valence-corrected chi connectivity index (χ2v) is 3.22. The Labute approximate surface area is 90.7 Å². The van der Waals surface area contributed by atoms with E-state index in [1.54, 1.807) is 19.1 Å². The Morgan fingerprint density at radius 3 is 3.00 bits per heavy atom. The van der Waals surface area contributed by atoms with Crippen LogP contribution in [-0.4, -0.2) is 21.1 Å². The van der Waals surface area contributed by atoms with Crippen LogP contribution in [-0.2, 0) is 0 Å². The number of aromatic nitrogens is 3. The van der Waals surface area contributed by atoms with E-state index in [0.717, 1.165) is 0 Å². The van der Waals surface area contributed by atoms with Crippen LogP contribution in [0.3, 0.4) is 0 Å². The summed E-state index contributed by atoms with van der Waals surface area (Å²) in [6.07, 6.45) is 1.25. The number of anilines is 1. The number of halogens is 1. The van der Waals surface area contributed by atoms with E-state index in [2.05, 4.69) is 20.5 Å². The third-order valence-corrected chi connectivity index (χ3v) is 2.08. The molecule has 0 fully saturated rings. The van der Waals surface area contributed by atoms with E-state index < -0.39 is 11.7 Å². The number of hydrogen-bond donors (Lipinski definition) is 2. The Hall–Kier alpha value is -2.24. The summed E-state index contributed by atoms with van der Waals surface area (Å²) in [5.74, 6) is -0.900. The molecule has 1 aromatic heterocycles. The molecule has 82 valence electrons. The lowest BCUT2D eigenvalue weighted by Crippen LogP contribution is -2.15. The van der Waals surface area contributed by atoms with Crippen molar-refractivity contribution < 1.29 is 9.18 Å². The Balaban J connectivity index is 2.24. The monoisotopic (exact) mass is 220 g/mol. The highest BCUT2D eigenvalue weighted by atomic mass is 19.1. The summed E-state index contributed by atoms with van der Waals surface area (Å²) in [6.45, 7) is 1.60. The Bertz CT molecular complexity index is 510. The number of carbonyl (C=O) groups excluding carboxylic acids is 1. The molecule has 0 saturated carbocycles. The highest BCUT2D eigenvalue weighted by Crippen LogP contribution is 2.12. The molecule has 1 amide bonds. The van der Waals surface area contributed by atoms with Crippen LogP contribution in [0.1, 0.15) is 15.9 Å². The summed E-state index contributed by atoms with van der Waals surface area (Å²) in [4.78, 5) is 15.4. The molecule has 2 N–H and O–H groups in total. The minimum Gasteiger partial charge on any atom is -0.291 e. The summed E-state index contributed by atoms with van der Waals surface area (Å²) in [5, 5.41) is 8.42. The van der Waals surface area contributed by atoms with Crippen molar-refractivity contribution in [3.05, 3.63) is 41.5 Å². The van der Waals surface area contributed by atoms with Crippen molar-refractivity contribution in [3.8, 4) is 0 Å². The quantitative estimate of drug-likeness (QED) is 0.805. The second kappa shape index (κ2) is 4.09. The van der Waals surface area contributed by atoms with Gasteiger partial charge in [-0.3, -0.25) is 10.1 Å². The van der Waals surface area contributed by atoms with Crippen LogP contribution >= 0.6 is 0 Å². The maximum atomic E-state index is 13.6. The number of H-pyrrole nitrogens is 1. The molecule has 0 atom stereocenters. The van der Waals surface area contributed by atoms with Gasteiger partial charge < -0.3 is 0 Å². The average Bonchev–Trinajstić information content (AvgIpc) is 2.74. The van der Waals surface area contributed by atoms with Gasteiger partial charge in [0.1, 0.15) is 12.1 Å². The van der Waals surface area contributed by atoms with Gasteiger partial charge in [0.05, 0.1) is 5.56 Å². The molecular weight excluding hydrogens is 211 g/mol. The topological polar surface area (TPSA) is 70.7 Å². The summed E-state index contributed by atoms with van der Waals surface area (Å²) in [6, 6.07) is 4.63. The van der Waals surface area contributed by atoms with Crippen LogP contribution in [0.15, 0.2) is 24.5 Å². The highest BCUT2D eigenvalue weighted by Gasteiger charge is 2.13. The second-order valence-electron chi connectivity index (χ2n) is 3.22. The number of rotatable bonds is 2. The van der Waals surface area contributed by atoms with Crippen molar-refractivity contribution >= 4 is 11.9 Å². The van der Waals surface area contributed by atoms with E-state index in [-0.39, 0.29) is 11.5 Å². The van der Waals surface area contributed by atoms with Crippen LogP contribution < -0.4 is 5.32 Å². The first kappa shape index (κ1) is 10.3. The minimum absolute atomic E-state index is 0.0172. The van der Waals surface area contributed by atoms with Gasteiger partial charge in [-0.25, -0.2) is 9.49 Å². The number of benzene rings is 1. The van der Waals surface area contributed by atoms with E-state index in [1.165, 1.54) is 12.4 Å². The normalized spacial score (nSPS) is 10.1. The number of nitrogens with zero attached hydrogens (tertiary/aromatic N) is 2. The number of nitrogens with one attached hydrogen (secondary N) is 2. The summed E-state index contributed by atoms with van der Waals surface area (Å²) >= 11 is 0. The third kappa shape index (κ3) is 1.90. The predicted molar refractivity (Wildman–Crippen MR) is 55.5 cm³/mol. The van der Waals surface area contributed by atoms with Gasteiger partial charge in [0.2, 0.25) is 5.95 Å². The Morgan fingerprint density at radius 2 is 2.31 bits per heavy atom. The number of aromatic amines is 1. The molecule has 0 radical (unpaired) electrons. The van der Waals surface area contributed by atoms with E-state index in [4.69, 9.17) is 0 Å². The summed E-state index contributed by atoms with van der Waals surface area (Å²) in [5.41, 5.74) is 0.404. The zero-order valence-electron chi connectivity index (χ0n) is 8.49. The first-order valence-corrected chi connectivity index (χ1v) is 4.60. The summed E-state index contributed by atoms with van der Waals surface area (Å²) < 4.78 is 13.6. The largest absolute Gasteiger partial charge is 0.291 e. The SMILES string of the molecule is Cc1cccc(C(=O)Nc2ncn[nH]2)c1F. The molecule has 1 heterocycles. The Morgan fingerprint density at radius 1 is 1.50 bits per heavy atom. The van der Waals surface area contributed by atoms with Gasteiger partial charge in [0, 0.05) is 0 Å². The molecule has 6 heteroatoms. The van der Waals surface area contributed by atoms with Crippen molar-refractivity contribution in [1.29, 1.82) is 0 Å². The van der Waals surface area contributed by atoms with Crippen LogP contribution in [0.5, 0.6) is 0 Å². The predicted octanol–water partition coefficient (Wildman–Crippen LogP) is 1.50. The van der Waals surface area contributed by atoms with Crippen LogP contribution in [0, 0.1) is 12.7 Å². The van der Waals surface area contributed by atoms with E-state index in [0.29, 0.717) is 5.56 Å². The third-order valence-electron chi connectivity index (χ3n) is 2.08. The molecule has 0 spiro atoms. The van der Waals surface area contributed by atoms with Gasteiger partial charge in [-0.2, -0.15) is 10.1 Å². The molecule has 0 saturated heterocycles. The fourth-order valence-corrected chi connectivity index (χ4v) is 1.26. The van der Waals surface area contributed by atoms with Gasteiger partial charge in [0.15, 0.2) is 0 Å². The molecule has 2 rings (SSSR count). The van der Waals surface area contributed by atoms with Crippen molar-refractivity contribution in [1.82, 2.24) is 15.2 Å². The first-order chi connectivity index (χ1) is 7.68. The van der Waals surface area contributed by atoms with Gasteiger partial charge in [0.25, 0.3) is 5.91 Å². The minimum atomic E-state index is -0.557. The molecule has 16 heavy (non-hydrogen) atoms. The average molecular weight is 220 g/mol. The maximum Gasteiger partial charge on any atom is 0.260 e. The molecule has 0 aliphatic rings. The van der Waals surface area contributed by atoms with Crippen LogP contribution in [0.4, 0.5) is 10.3 Å². The highest BCUT2D eigenvalue weighted by molar-refractivity contribution is 6.03. The number of carbonyl (C=O) groups is 1. The van der Waals surface area contributed by atoms with Crippen molar-refractivity contribution in [2.45, 2.75) is 6.92 Å². The van der Waals surface area contributed by atoms with Crippen molar-refractivity contribution in [2.24, 2.45) is 0 Å². The van der Waals surface area contributed by atoms with E-state index in [9.17, 15) is 9.18 Å². The standard InChI is InChI=1S/C10H9FN4O/c1-6-3-2-4-7(8(6)11)9(16)14-10-12-5-13-15-10/h2-5H,1H3,(H2,12,13,14,15,16). The molecule has 5 nitrogen and oxygen atoms in total. The first-order valence-electron chi connectivity index (χ1n) is 4.60. The van der Waals surface area contributed by atoms with E-state index in [1.807, 2.05) is 0 Å². The van der Waals surface area contributed by atoms with Gasteiger partial charge in [-0.05, 0) is 18.6 Å². The number of amides is 1. The van der Waals surface area contributed by atoms with Crippen molar-refractivity contribution in [2.75, 3.05) is 5.32 Å². The zero-order chi connectivity index (χ0) is 11.5. The summed E-state index contributed by atoms with van der Waals surface area (Å²) in [7, 11) is 0. The lowest BCUT2D eigenvalue weighted by atomic mass is 10.1. The molecule has 1 aromatic carbocycles. The van der Waals surface area contributed by atoms with E-state index >= 15 is 0 Å². The molecule has 0 bridgehead atoms. The molecular formula is C10H9FN4O. The smallest absolute Gasteiger partial charge is 0.260 e. The van der Waals surface area contributed by atoms with Gasteiger partial charge in [-0.1, -0.05) is 12.1 Å². The lowest BCUT2D eigenvalue weighted by molar-refractivity contribution is 0.102.